The van der Waals surface area contributed by atoms with E-state index in [1.54, 1.807) is 35.8 Å². The number of rotatable bonds is 3. The SMILES string of the molecule is Cc1nc(-c2nc(Nc3ccnc(N)c3)c3cccn3n2)ccc1F. The first-order valence-corrected chi connectivity index (χ1v) is 7.57. The molecule has 0 unspecified atom stereocenters. The Morgan fingerprint density at radius 2 is 2.04 bits per heavy atom. The highest BCUT2D eigenvalue weighted by atomic mass is 19.1. The Morgan fingerprint density at radius 1 is 1.16 bits per heavy atom. The Kier molecular flexibility index (Phi) is 3.50. The maximum Gasteiger partial charge on any atom is 0.200 e. The first-order chi connectivity index (χ1) is 12.1. The van der Waals surface area contributed by atoms with Gasteiger partial charge in [-0.15, -0.1) is 5.10 Å². The molecule has 0 aromatic carbocycles. The zero-order valence-corrected chi connectivity index (χ0v) is 13.3. The minimum atomic E-state index is -0.364. The minimum Gasteiger partial charge on any atom is -0.384 e. The van der Waals surface area contributed by atoms with Crippen LogP contribution in [0.25, 0.3) is 17.0 Å². The Balaban J connectivity index is 1.83. The largest absolute Gasteiger partial charge is 0.384 e. The molecule has 4 heterocycles. The van der Waals surface area contributed by atoms with Crippen LogP contribution in [-0.4, -0.2) is 24.6 Å². The van der Waals surface area contributed by atoms with Crippen molar-refractivity contribution in [1.82, 2.24) is 24.6 Å². The van der Waals surface area contributed by atoms with Gasteiger partial charge in [-0.2, -0.15) is 0 Å². The Bertz CT molecular complexity index is 1070. The van der Waals surface area contributed by atoms with Gasteiger partial charge >= 0.3 is 0 Å². The lowest BCUT2D eigenvalue weighted by Gasteiger charge is -2.10. The molecular weight excluding hydrogens is 321 g/mol. The summed E-state index contributed by atoms with van der Waals surface area (Å²) >= 11 is 0. The van der Waals surface area contributed by atoms with E-state index >= 15 is 0 Å². The summed E-state index contributed by atoms with van der Waals surface area (Å²) < 4.78 is 15.2. The van der Waals surface area contributed by atoms with E-state index in [0.717, 1.165) is 11.2 Å². The third-order valence-electron chi connectivity index (χ3n) is 3.69. The number of hydrogen-bond acceptors (Lipinski definition) is 6. The molecule has 0 fully saturated rings. The number of fused-ring (bicyclic) bond motifs is 1. The average Bonchev–Trinajstić information content (AvgIpc) is 3.06. The van der Waals surface area contributed by atoms with Crippen LogP contribution < -0.4 is 11.1 Å². The van der Waals surface area contributed by atoms with Crippen LogP contribution in [0.3, 0.4) is 0 Å². The van der Waals surface area contributed by atoms with Crippen molar-refractivity contribution in [2.75, 3.05) is 11.1 Å². The van der Waals surface area contributed by atoms with Crippen molar-refractivity contribution in [2.45, 2.75) is 6.92 Å². The van der Waals surface area contributed by atoms with Crippen LogP contribution in [0.4, 0.5) is 21.7 Å². The predicted molar refractivity (Wildman–Crippen MR) is 92.8 cm³/mol. The highest BCUT2D eigenvalue weighted by molar-refractivity contribution is 5.75. The van der Waals surface area contributed by atoms with Crippen LogP contribution in [0.15, 0.2) is 48.8 Å². The number of nitrogens with zero attached hydrogens (tertiary/aromatic N) is 5. The standard InChI is InChI=1S/C17H14FN7/c1-10-12(18)4-5-13(21-10)16-23-17(14-3-2-8-25(14)24-16)22-11-6-7-20-15(19)9-11/h2-9H,1H3,(H3,19,20,22,23,24). The first-order valence-electron chi connectivity index (χ1n) is 7.57. The van der Waals surface area contributed by atoms with Gasteiger partial charge in [0, 0.05) is 24.1 Å². The monoisotopic (exact) mass is 335 g/mol. The molecule has 0 aliphatic carbocycles. The van der Waals surface area contributed by atoms with E-state index in [1.807, 2.05) is 18.3 Å². The van der Waals surface area contributed by atoms with Crippen LogP contribution in [-0.2, 0) is 0 Å². The molecule has 0 radical (unpaired) electrons. The molecule has 0 bridgehead atoms. The normalized spacial score (nSPS) is 11.0. The molecule has 8 heteroatoms. The van der Waals surface area contributed by atoms with E-state index in [2.05, 4.69) is 25.4 Å². The topological polar surface area (TPSA) is 94.0 Å². The van der Waals surface area contributed by atoms with E-state index in [0.29, 0.717) is 28.8 Å². The fraction of sp³-hybridized carbons (Fsp3) is 0.0588. The third kappa shape index (κ3) is 2.85. The van der Waals surface area contributed by atoms with E-state index in [-0.39, 0.29) is 5.82 Å². The number of halogens is 1. The molecule has 3 N–H and O–H groups in total. The summed E-state index contributed by atoms with van der Waals surface area (Å²) in [4.78, 5) is 12.7. The molecule has 0 aliphatic heterocycles. The van der Waals surface area contributed by atoms with Gasteiger partial charge in [-0.25, -0.2) is 23.9 Å². The molecule has 0 aliphatic rings. The van der Waals surface area contributed by atoms with Gasteiger partial charge in [0.15, 0.2) is 5.82 Å². The van der Waals surface area contributed by atoms with Crippen molar-refractivity contribution < 1.29 is 4.39 Å². The summed E-state index contributed by atoms with van der Waals surface area (Å²) in [6.07, 6.45) is 3.42. The van der Waals surface area contributed by atoms with Crippen molar-refractivity contribution in [3.63, 3.8) is 0 Å². The second kappa shape index (κ2) is 5.82. The van der Waals surface area contributed by atoms with E-state index in [4.69, 9.17) is 5.73 Å². The van der Waals surface area contributed by atoms with Crippen molar-refractivity contribution in [3.8, 4) is 11.5 Å². The second-order valence-corrected chi connectivity index (χ2v) is 5.48. The van der Waals surface area contributed by atoms with Crippen molar-refractivity contribution in [3.05, 3.63) is 60.3 Å². The van der Waals surface area contributed by atoms with E-state index in [1.165, 1.54) is 6.07 Å². The molecule has 4 aromatic rings. The van der Waals surface area contributed by atoms with Gasteiger partial charge in [0.25, 0.3) is 0 Å². The predicted octanol–water partition coefficient (Wildman–Crippen LogP) is 2.96. The van der Waals surface area contributed by atoms with Gasteiger partial charge in [0.1, 0.15) is 22.8 Å². The number of nitrogen functional groups attached to an aromatic ring is 1. The molecular formula is C17H14FN7. The number of anilines is 3. The zero-order chi connectivity index (χ0) is 17.4. The smallest absolute Gasteiger partial charge is 0.200 e. The van der Waals surface area contributed by atoms with Crippen molar-refractivity contribution >= 4 is 22.8 Å². The fourth-order valence-electron chi connectivity index (χ4n) is 2.47. The van der Waals surface area contributed by atoms with Gasteiger partial charge in [0.2, 0.25) is 5.82 Å². The number of nitrogens with two attached hydrogens (primary N) is 1. The molecule has 4 aromatic heterocycles. The highest BCUT2D eigenvalue weighted by Crippen LogP contribution is 2.23. The molecule has 0 atom stereocenters. The van der Waals surface area contributed by atoms with Crippen LogP contribution in [0.5, 0.6) is 0 Å². The Hall–Kier alpha value is -3.55. The van der Waals surface area contributed by atoms with Gasteiger partial charge in [-0.1, -0.05) is 0 Å². The first kappa shape index (κ1) is 15.0. The van der Waals surface area contributed by atoms with Gasteiger partial charge in [-0.05, 0) is 37.3 Å². The molecule has 7 nitrogen and oxygen atoms in total. The summed E-state index contributed by atoms with van der Waals surface area (Å²) in [5.41, 5.74) is 8.05. The quantitative estimate of drug-likeness (QED) is 0.598. The average molecular weight is 335 g/mol. The maximum absolute atomic E-state index is 13.5. The minimum absolute atomic E-state index is 0.296. The zero-order valence-electron chi connectivity index (χ0n) is 13.3. The molecule has 0 saturated heterocycles. The highest BCUT2D eigenvalue weighted by Gasteiger charge is 2.12. The van der Waals surface area contributed by atoms with Crippen LogP contribution >= 0.6 is 0 Å². The lowest BCUT2D eigenvalue weighted by molar-refractivity contribution is 0.610. The fourth-order valence-corrected chi connectivity index (χ4v) is 2.47. The van der Waals surface area contributed by atoms with Gasteiger partial charge in [-0.3, -0.25) is 0 Å². The van der Waals surface area contributed by atoms with Gasteiger partial charge in [0.05, 0.1) is 5.69 Å². The second-order valence-electron chi connectivity index (χ2n) is 5.48. The molecule has 4 rings (SSSR count). The summed E-state index contributed by atoms with van der Waals surface area (Å²) in [7, 11) is 0. The number of hydrogen-bond donors (Lipinski definition) is 2. The molecule has 25 heavy (non-hydrogen) atoms. The van der Waals surface area contributed by atoms with Crippen molar-refractivity contribution in [1.29, 1.82) is 0 Å². The lowest BCUT2D eigenvalue weighted by atomic mass is 10.3. The lowest BCUT2D eigenvalue weighted by Crippen LogP contribution is -2.05. The number of nitrogens with one attached hydrogen (secondary N) is 1. The van der Waals surface area contributed by atoms with Crippen LogP contribution in [0.1, 0.15) is 5.69 Å². The Morgan fingerprint density at radius 3 is 2.84 bits per heavy atom. The molecule has 0 amide bonds. The van der Waals surface area contributed by atoms with Crippen LogP contribution in [0.2, 0.25) is 0 Å². The maximum atomic E-state index is 13.5. The van der Waals surface area contributed by atoms with Crippen LogP contribution in [0, 0.1) is 12.7 Å². The van der Waals surface area contributed by atoms with Gasteiger partial charge < -0.3 is 11.1 Å². The molecule has 124 valence electrons. The summed E-state index contributed by atoms with van der Waals surface area (Å²) in [6.45, 7) is 1.60. The number of aromatic nitrogens is 5. The Labute approximate surface area is 142 Å². The molecule has 0 spiro atoms. The summed E-state index contributed by atoms with van der Waals surface area (Å²) in [6, 6.07) is 10.2. The van der Waals surface area contributed by atoms with E-state index < -0.39 is 0 Å². The van der Waals surface area contributed by atoms with E-state index in [9.17, 15) is 4.39 Å². The van der Waals surface area contributed by atoms with Crippen molar-refractivity contribution in [2.24, 2.45) is 0 Å². The number of pyridine rings is 2. The molecule has 0 saturated carbocycles. The third-order valence-corrected chi connectivity index (χ3v) is 3.69. The number of aryl methyl sites for hydroxylation is 1. The summed E-state index contributed by atoms with van der Waals surface area (Å²) in [5, 5.41) is 7.66. The summed E-state index contributed by atoms with van der Waals surface area (Å²) in [5.74, 6) is 1.01.